The van der Waals surface area contributed by atoms with E-state index >= 15 is 0 Å². The van der Waals surface area contributed by atoms with Gasteiger partial charge in [0.2, 0.25) is 0 Å². The average molecular weight is 114 g/mol. The molecule has 0 saturated heterocycles. The summed E-state index contributed by atoms with van der Waals surface area (Å²) in [5.74, 6) is 5.15. The maximum Gasteiger partial charge on any atom is 0.0216 e. The molecule has 0 aliphatic carbocycles. The fourth-order valence-corrected chi connectivity index (χ4v) is 0.552. The minimum Gasteiger partial charge on any atom is -0.329 e. The first kappa shape index (κ1) is 7.50. The van der Waals surface area contributed by atoms with Gasteiger partial charge >= 0.3 is 0 Å². The highest BCUT2D eigenvalue weighted by Crippen LogP contribution is 1.93. The zero-order valence-electron chi connectivity index (χ0n) is 5.57. The van der Waals surface area contributed by atoms with Crippen LogP contribution in [-0.2, 0) is 0 Å². The summed E-state index contributed by atoms with van der Waals surface area (Å²) in [6.45, 7) is 4.16. The number of nitrogens with one attached hydrogen (secondary N) is 1. The van der Waals surface area contributed by atoms with Gasteiger partial charge in [0.05, 0.1) is 0 Å². The third-order valence-electron chi connectivity index (χ3n) is 1.02. The Bertz CT molecular complexity index is 70.6. The molecule has 2 nitrogen and oxygen atoms in total. The first-order valence-corrected chi connectivity index (χ1v) is 3.00. The molecule has 3 N–H and O–H groups in total. The fourth-order valence-electron chi connectivity index (χ4n) is 0.552. The van der Waals surface area contributed by atoms with Gasteiger partial charge in [0.1, 0.15) is 0 Å². The molecule has 0 atom stereocenters. The normalized spacial score (nSPS) is 11.6. The van der Waals surface area contributed by atoms with E-state index in [1.54, 1.807) is 0 Å². The van der Waals surface area contributed by atoms with Crippen molar-refractivity contribution >= 4 is 0 Å². The van der Waals surface area contributed by atoms with E-state index in [0.29, 0.717) is 0 Å². The van der Waals surface area contributed by atoms with Crippen molar-refractivity contribution in [2.45, 2.75) is 26.7 Å². The molecule has 0 bridgehead atoms. The standard InChI is InChI=1S/C6H14N2/c1-3-5-6(4-2)8-7/h5,8H,3-4,7H2,1-2H3/b6-5-. The third-order valence-corrected chi connectivity index (χ3v) is 1.02. The SMILES string of the molecule is CC/C=C(/CC)NN. The molecule has 0 amide bonds. The van der Waals surface area contributed by atoms with Gasteiger partial charge in [0, 0.05) is 5.70 Å². The van der Waals surface area contributed by atoms with Crippen LogP contribution >= 0.6 is 0 Å². The van der Waals surface area contributed by atoms with Gasteiger partial charge in [-0.15, -0.1) is 0 Å². The Morgan fingerprint density at radius 2 is 2.25 bits per heavy atom. The molecule has 0 fully saturated rings. The van der Waals surface area contributed by atoms with Crippen LogP contribution in [0.15, 0.2) is 11.8 Å². The first-order chi connectivity index (χ1) is 3.85. The lowest BCUT2D eigenvalue weighted by molar-refractivity contribution is 0.817. The molecule has 0 radical (unpaired) electrons. The van der Waals surface area contributed by atoms with Crippen LogP contribution in [0.1, 0.15) is 26.7 Å². The predicted octanol–water partition coefficient (Wildman–Crippen LogP) is 1.15. The summed E-state index contributed by atoms with van der Waals surface area (Å²) >= 11 is 0. The van der Waals surface area contributed by atoms with Crippen LogP contribution in [0, 0.1) is 0 Å². The molecular formula is C6H14N2. The van der Waals surface area contributed by atoms with Gasteiger partial charge in [-0.1, -0.05) is 19.9 Å². The second kappa shape index (κ2) is 4.65. The average Bonchev–Trinajstić information content (AvgIpc) is 1.83. The molecular weight excluding hydrogens is 100 g/mol. The number of allylic oxidation sites excluding steroid dienone is 2. The van der Waals surface area contributed by atoms with Gasteiger partial charge in [-0.25, -0.2) is 0 Å². The predicted molar refractivity (Wildman–Crippen MR) is 36.0 cm³/mol. The van der Waals surface area contributed by atoms with Crippen molar-refractivity contribution in [1.29, 1.82) is 0 Å². The van der Waals surface area contributed by atoms with Crippen LogP contribution in [0.2, 0.25) is 0 Å². The Labute approximate surface area is 50.7 Å². The number of hydrazine groups is 1. The molecule has 0 spiro atoms. The summed E-state index contributed by atoms with van der Waals surface area (Å²) in [6, 6.07) is 0. The molecule has 48 valence electrons. The minimum absolute atomic E-state index is 0.990. The van der Waals surface area contributed by atoms with Crippen molar-refractivity contribution in [3.05, 3.63) is 11.8 Å². The van der Waals surface area contributed by atoms with Crippen LogP contribution in [0.5, 0.6) is 0 Å². The summed E-state index contributed by atoms with van der Waals surface area (Å²) < 4.78 is 0. The zero-order valence-corrected chi connectivity index (χ0v) is 5.57. The van der Waals surface area contributed by atoms with Crippen molar-refractivity contribution in [2.75, 3.05) is 0 Å². The highest BCUT2D eigenvalue weighted by molar-refractivity contribution is 4.95. The summed E-state index contributed by atoms with van der Waals surface area (Å²) in [4.78, 5) is 0. The summed E-state index contributed by atoms with van der Waals surface area (Å²) in [5.41, 5.74) is 3.73. The molecule has 0 aliphatic rings. The largest absolute Gasteiger partial charge is 0.329 e. The molecule has 0 rings (SSSR count). The monoisotopic (exact) mass is 114 g/mol. The van der Waals surface area contributed by atoms with E-state index in [0.717, 1.165) is 18.5 Å². The Morgan fingerprint density at radius 3 is 2.38 bits per heavy atom. The molecule has 0 unspecified atom stereocenters. The van der Waals surface area contributed by atoms with E-state index in [-0.39, 0.29) is 0 Å². The van der Waals surface area contributed by atoms with Crippen LogP contribution in [0.3, 0.4) is 0 Å². The van der Waals surface area contributed by atoms with Crippen LogP contribution in [0.25, 0.3) is 0 Å². The van der Waals surface area contributed by atoms with Gasteiger partial charge in [-0.2, -0.15) is 0 Å². The highest BCUT2D eigenvalue weighted by Gasteiger charge is 1.83. The lowest BCUT2D eigenvalue weighted by atomic mass is 10.3. The quantitative estimate of drug-likeness (QED) is 0.426. The van der Waals surface area contributed by atoms with E-state index in [1.165, 1.54) is 0 Å². The maximum absolute atomic E-state index is 5.15. The summed E-state index contributed by atoms with van der Waals surface area (Å²) in [6.07, 6.45) is 4.12. The number of hydrogen-bond acceptors (Lipinski definition) is 2. The first-order valence-electron chi connectivity index (χ1n) is 3.00. The Hall–Kier alpha value is -0.500. The maximum atomic E-state index is 5.15. The topological polar surface area (TPSA) is 38.0 Å². The van der Waals surface area contributed by atoms with E-state index in [2.05, 4.69) is 25.3 Å². The van der Waals surface area contributed by atoms with Gasteiger partial charge in [0.25, 0.3) is 0 Å². The molecule has 0 aromatic rings. The molecule has 0 heterocycles. The third kappa shape index (κ3) is 2.64. The molecule has 0 saturated carbocycles. The van der Waals surface area contributed by atoms with E-state index in [1.807, 2.05) is 0 Å². The fraction of sp³-hybridized carbons (Fsp3) is 0.667. The minimum atomic E-state index is 0.990. The van der Waals surface area contributed by atoms with Crippen molar-refractivity contribution in [3.63, 3.8) is 0 Å². The number of nitrogens with two attached hydrogens (primary N) is 1. The van der Waals surface area contributed by atoms with Crippen LogP contribution in [-0.4, -0.2) is 0 Å². The van der Waals surface area contributed by atoms with Gasteiger partial charge in [-0.05, 0) is 12.8 Å². The van der Waals surface area contributed by atoms with Gasteiger partial charge in [-0.3, -0.25) is 5.84 Å². The molecule has 0 aliphatic heterocycles. The molecule has 8 heavy (non-hydrogen) atoms. The van der Waals surface area contributed by atoms with Gasteiger partial charge < -0.3 is 5.43 Å². The van der Waals surface area contributed by atoms with E-state index < -0.39 is 0 Å². The highest BCUT2D eigenvalue weighted by atomic mass is 15.2. The molecule has 2 heteroatoms. The van der Waals surface area contributed by atoms with Crippen molar-refractivity contribution in [3.8, 4) is 0 Å². The van der Waals surface area contributed by atoms with Crippen molar-refractivity contribution < 1.29 is 0 Å². The number of hydrogen-bond donors (Lipinski definition) is 2. The van der Waals surface area contributed by atoms with E-state index in [4.69, 9.17) is 5.84 Å². The zero-order chi connectivity index (χ0) is 6.41. The van der Waals surface area contributed by atoms with E-state index in [9.17, 15) is 0 Å². The smallest absolute Gasteiger partial charge is 0.0216 e. The number of rotatable bonds is 3. The van der Waals surface area contributed by atoms with Crippen LogP contribution in [0.4, 0.5) is 0 Å². The lowest BCUT2D eigenvalue weighted by Gasteiger charge is -1.99. The Balaban J connectivity index is 3.49. The Kier molecular flexibility index (Phi) is 4.36. The lowest BCUT2D eigenvalue weighted by Crippen LogP contribution is -2.20. The summed E-state index contributed by atoms with van der Waals surface area (Å²) in [5, 5.41) is 0. The van der Waals surface area contributed by atoms with Crippen molar-refractivity contribution in [2.24, 2.45) is 5.84 Å². The second-order valence-corrected chi connectivity index (χ2v) is 1.64. The second-order valence-electron chi connectivity index (χ2n) is 1.64. The molecule has 0 aromatic heterocycles. The molecule has 0 aromatic carbocycles. The summed E-state index contributed by atoms with van der Waals surface area (Å²) in [7, 11) is 0. The van der Waals surface area contributed by atoms with Gasteiger partial charge in [0.15, 0.2) is 0 Å². The van der Waals surface area contributed by atoms with Crippen molar-refractivity contribution in [1.82, 2.24) is 5.43 Å². The van der Waals surface area contributed by atoms with Crippen LogP contribution < -0.4 is 11.3 Å². The Morgan fingerprint density at radius 1 is 1.62 bits per heavy atom.